The maximum atomic E-state index is 12.6. The summed E-state index contributed by atoms with van der Waals surface area (Å²) in [5, 5.41) is 6.42. The van der Waals surface area contributed by atoms with E-state index in [1.165, 1.54) is 0 Å². The Balaban J connectivity index is 1.28. The maximum absolute atomic E-state index is 12.6. The van der Waals surface area contributed by atoms with E-state index in [1.807, 2.05) is 44.2 Å². The number of aryl methyl sites for hydroxylation is 2. The standard InChI is InChI=1S/C28H28ClN3O4/c1-18-4-3-5-19(2)27(18)31-25(33)17-36-24-12-10-23(11-13-24)32-16-21(14-26(32)34)28(35)30-15-20-6-8-22(29)9-7-20/h3-13,21H,14-17H2,1-2H3,(H,30,35)(H,31,33)/t21-/m1/s1. The van der Waals surface area contributed by atoms with Gasteiger partial charge in [-0.05, 0) is 66.9 Å². The van der Waals surface area contributed by atoms with Crippen molar-refractivity contribution in [1.29, 1.82) is 0 Å². The molecule has 0 unspecified atom stereocenters. The summed E-state index contributed by atoms with van der Waals surface area (Å²) in [5.74, 6) is -0.425. The van der Waals surface area contributed by atoms with Gasteiger partial charge in [-0.1, -0.05) is 41.9 Å². The van der Waals surface area contributed by atoms with Gasteiger partial charge < -0.3 is 20.3 Å². The van der Waals surface area contributed by atoms with Crippen molar-refractivity contribution < 1.29 is 19.1 Å². The Hall–Kier alpha value is -3.84. The number of nitrogens with one attached hydrogen (secondary N) is 2. The number of anilines is 2. The highest BCUT2D eigenvalue weighted by Gasteiger charge is 2.35. The van der Waals surface area contributed by atoms with Crippen LogP contribution < -0.4 is 20.3 Å². The molecule has 3 aromatic carbocycles. The van der Waals surface area contributed by atoms with Gasteiger partial charge in [0, 0.05) is 35.9 Å². The third-order valence-corrected chi connectivity index (χ3v) is 6.39. The Bertz CT molecular complexity index is 1240. The molecule has 7 nitrogen and oxygen atoms in total. The van der Waals surface area contributed by atoms with Crippen molar-refractivity contribution in [3.8, 4) is 5.75 Å². The number of amides is 3. The lowest BCUT2D eigenvalue weighted by Gasteiger charge is -2.17. The van der Waals surface area contributed by atoms with Crippen molar-refractivity contribution >= 4 is 40.7 Å². The van der Waals surface area contributed by atoms with E-state index < -0.39 is 5.92 Å². The highest BCUT2D eigenvalue weighted by molar-refractivity contribution is 6.30. The number of halogens is 1. The number of hydrogen-bond acceptors (Lipinski definition) is 4. The number of nitrogens with zero attached hydrogens (tertiary/aromatic N) is 1. The summed E-state index contributed by atoms with van der Waals surface area (Å²) in [5.41, 5.74) is 4.38. The number of para-hydroxylation sites is 1. The fourth-order valence-corrected chi connectivity index (χ4v) is 4.25. The lowest BCUT2D eigenvalue weighted by atomic mass is 10.1. The fraction of sp³-hybridized carbons (Fsp3) is 0.250. The molecule has 1 saturated heterocycles. The van der Waals surface area contributed by atoms with Gasteiger partial charge >= 0.3 is 0 Å². The van der Waals surface area contributed by atoms with Gasteiger partial charge in [0.15, 0.2) is 6.61 Å². The molecular weight excluding hydrogens is 478 g/mol. The highest BCUT2D eigenvalue weighted by atomic mass is 35.5. The molecule has 0 aliphatic carbocycles. The van der Waals surface area contributed by atoms with Crippen molar-refractivity contribution in [3.63, 3.8) is 0 Å². The number of ether oxygens (including phenoxy) is 1. The molecular formula is C28H28ClN3O4. The Morgan fingerprint density at radius 2 is 1.67 bits per heavy atom. The molecule has 0 radical (unpaired) electrons. The molecule has 1 fully saturated rings. The minimum Gasteiger partial charge on any atom is -0.484 e. The van der Waals surface area contributed by atoms with Crippen LogP contribution in [0.5, 0.6) is 5.75 Å². The van der Waals surface area contributed by atoms with Gasteiger partial charge in [0.2, 0.25) is 11.8 Å². The summed E-state index contributed by atoms with van der Waals surface area (Å²) >= 11 is 5.89. The Kier molecular flexibility index (Phi) is 7.90. The zero-order valence-corrected chi connectivity index (χ0v) is 21.0. The number of carbonyl (C=O) groups is 3. The molecule has 1 heterocycles. The third-order valence-electron chi connectivity index (χ3n) is 6.14. The Labute approximate surface area is 215 Å². The van der Waals surface area contributed by atoms with Gasteiger partial charge in [-0.3, -0.25) is 14.4 Å². The average molecular weight is 506 g/mol. The number of benzene rings is 3. The van der Waals surface area contributed by atoms with Gasteiger partial charge in [0.25, 0.3) is 5.91 Å². The lowest BCUT2D eigenvalue weighted by molar-refractivity contribution is -0.126. The molecule has 2 N–H and O–H groups in total. The SMILES string of the molecule is Cc1cccc(C)c1NC(=O)COc1ccc(N2C[C@H](C(=O)NCc3ccc(Cl)cc3)CC2=O)cc1. The van der Waals surface area contributed by atoms with Crippen LogP contribution >= 0.6 is 11.6 Å². The van der Waals surface area contributed by atoms with Gasteiger partial charge in [-0.25, -0.2) is 0 Å². The second-order valence-corrected chi connectivity index (χ2v) is 9.28. The first kappa shape index (κ1) is 25.3. The number of rotatable bonds is 8. The predicted octanol–water partition coefficient (Wildman–Crippen LogP) is 4.64. The minimum atomic E-state index is -0.422. The Morgan fingerprint density at radius 1 is 1.00 bits per heavy atom. The molecule has 4 rings (SSSR count). The molecule has 1 aliphatic heterocycles. The summed E-state index contributed by atoms with van der Waals surface area (Å²) in [4.78, 5) is 39.1. The van der Waals surface area contributed by atoms with Crippen molar-refractivity contribution in [2.45, 2.75) is 26.8 Å². The molecule has 3 amide bonds. The van der Waals surface area contributed by atoms with E-state index in [4.69, 9.17) is 16.3 Å². The molecule has 0 aromatic heterocycles. The normalized spacial score (nSPS) is 15.0. The van der Waals surface area contributed by atoms with E-state index in [1.54, 1.807) is 41.3 Å². The van der Waals surface area contributed by atoms with Crippen molar-refractivity contribution in [2.75, 3.05) is 23.4 Å². The Morgan fingerprint density at radius 3 is 2.33 bits per heavy atom. The second kappa shape index (κ2) is 11.3. The van der Waals surface area contributed by atoms with E-state index in [0.29, 0.717) is 29.5 Å². The van der Waals surface area contributed by atoms with Crippen LogP contribution in [0.4, 0.5) is 11.4 Å². The summed E-state index contributed by atoms with van der Waals surface area (Å²) in [6.07, 6.45) is 0.156. The van der Waals surface area contributed by atoms with Crippen LogP contribution in [0, 0.1) is 19.8 Å². The first-order chi connectivity index (χ1) is 17.3. The van der Waals surface area contributed by atoms with Gasteiger partial charge in [-0.15, -0.1) is 0 Å². The fourth-order valence-electron chi connectivity index (χ4n) is 4.13. The molecule has 3 aromatic rings. The van der Waals surface area contributed by atoms with Gasteiger partial charge in [0.1, 0.15) is 5.75 Å². The maximum Gasteiger partial charge on any atom is 0.262 e. The second-order valence-electron chi connectivity index (χ2n) is 8.85. The zero-order chi connectivity index (χ0) is 25.7. The van der Waals surface area contributed by atoms with E-state index in [-0.39, 0.29) is 30.7 Å². The van der Waals surface area contributed by atoms with Crippen LogP contribution in [0.2, 0.25) is 5.02 Å². The summed E-state index contributed by atoms with van der Waals surface area (Å²) in [7, 11) is 0. The number of hydrogen-bond donors (Lipinski definition) is 2. The first-order valence-corrected chi connectivity index (χ1v) is 12.1. The van der Waals surface area contributed by atoms with Crippen molar-refractivity contribution in [1.82, 2.24) is 5.32 Å². The van der Waals surface area contributed by atoms with Crippen molar-refractivity contribution in [3.05, 3.63) is 88.4 Å². The summed E-state index contributed by atoms with van der Waals surface area (Å²) in [6.45, 7) is 4.43. The predicted molar refractivity (Wildman–Crippen MR) is 140 cm³/mol. The van der Waals surface area contributed by atoms with Crippen molar-refractivity contribution in [2.24, 2.45) is 5.92 Å². The van der Waals surface area contributed by atoms with Crippen LogP contribution in [0.15, 0.2) is 66.7 Å². The summed E-state index contributed by atoms with van der Waals surface area (Å²) < 4.78 is 5.62. The van der Waals surface area contributed by atoms with Crippen LogP contribution in [0.3, 0.4) is 0 Å². The minimum absolute atomic E-state index is 0.108. The molecule has 1 atom stereocenters. The van der Waals surface area contributed by atoms with E-state index in [2.05, 4.69) is 10.6 Å². The van der Waals surface area contributed by atoms with Crippen LogP contribution in [-0.2, 0) is 20.9 Å². The van der Waals surface area contributed by atoms with Gasteiger partial charge in [-0.2, -0.15) is 0 Å². The quantitative estimate of drug-likeness (QED) is 0.466. The average Bonchev–Trinajstić information content (AvgIpc) is 3.26. The summed E-state index contributed by atoms with van der Waals surface area (Å²) in [6, 6.07) is 20.0. The lowest BCUT2D eigenvalue weighted by Crippen LogP contribution is -2.32. The molecule has 186 valence electrons. The third kappa shape index (κ3) is 6.23. The molecule has 0 bridgehead atoms. The van der Waals surface area contributed by atoms with E-state index >= 15 is 0 Å². The smallest absolute Gasteiger partial charge is 0.262 e. The molecule has 0 saturated carbocycles. The number of carbonyl (C=O) groups excluding carboxylic acids is 3. The molecule has 8 heteroatoms. The first-order valence-electron chi connectivity index (χ1n) is 11.7. The molecule has 36 heavy (non-hydrogen) atoms. The van der Waals surface area contributed by atoms with E-state index in [0.717, 1.165) is 22.4 Å². The topological polar surface area (TPSA) is 87.7 Å². The van der Waals surface area contributed by atoms with Crippen LogP contribution in [0.1, 0.15) is 23.1 Å². The van der Waals surface area contributed by atoms with Crippen LogP contribution in [0.25, 0.3) is 0 Å². The van der Waals surface area contributed by atoms with E-state index in [9.17, 15) is 14.4 Å². The zero-order valence-electron chi connectivity index (χ0n) is 20.2. The van der Waals surface area contributed by atoms with Gasteiger partial charge in [0.05, 0.1) is 5.92 Å². The molecule has 1 aliphatic rings. The monoisotopic (exact) mass is 505 g/mol. The molecule has 0 spiro atoms. The van der Waals surface area contributed by atoms with Crippen LogP contribution in [-0.4, -0.2) is 30.9 Å². The highest BCUT2D eigenvalue weighted by Crippen LogP contribution is 2.27. The largest absolute Gasteiger partial charge is 0.484 e.